The zero-order valence-corrected chi connectivity index (χ0v) is 18.4. The number of methoxy groups -OCH3 is 1. The molecule has 2 aromatic heterocycles. The minimum Gasteiger partial charge on any atom is -0.479 e. The average molecular weight is 430 g/mol. The molecule has 0 saturated heterocycles. The Bertz CT molecular complexity index is 864. The predicted octanol–water partition coefficient (Wildman–Crippen LogP) is 2.41. The number of hydrogen-bond acceptors (Lipinski definition) is 5. The van der Waals surface area contributed by atoms with Crippen molar-refractivity contribution >= 4 is 41.8 Å². The van der Waals surface area contributed by atoms with Gasteiger partial charge in [-0.05, 0) is 44.4 Å². The van der Waals surface area contributed by atoms with E-state index in [-0.39, 0.29) is 30.7 Å². The van der Waals surface area contributed by atoms with Crippen LogP contribution in [-0.4, -0.2) is 47.4 Å². The Morgan fingerprint density at radius 2 is 2.11 bits per heavy atom. The Balaban J connectivity index is 0.00000196. The normalized spacial score (nSPS) is 13.4. The molecule has 0 radical (unpaired) electrons. The molecular weight excluding hydrogens is 401 g/mol. The van der Waals surface area contributed by atoms with E-state index in [0.29, 0.717) is 25.3 Å². The van der Waals surface area contributed by atoms with E-state index in [9.17, 15) is 4.79 Å². The Labute approximate surface area is 178 Å². The molecule has 3 rings (SSSR count). The first-order valence-corrected chi connectivity index (χ1v) is 9.03. The number of aromatic nitrogens is 3. The highest BCUT2D eigenvalue weighted by molar-refractivity contribution is 5.86. The van der Waals surface area contributed by atoms with Gasteiger partial charge in [0, 0.05) is 32.3 Å². The number of halogens is 2. The minimum absolute atomic E-state index is 0. The van der Waals surface area contributed by atoms with Gasteiger partial charge in [-0.25, -0.2) is 9.67 Å². The lowest BCUT2D eigenvalue weighted by molar-refractivity contribution is -0.120. The van der Waals surface area contributed by atoms with E-state index in [1.165, 1.54) is 5.57 Å². The smallest absolute Gasteiger partial charge is 0.242 e. The highest BCUT2D eigenvalue weighted by Crippen LogP contribution is 2.30. The molecule has 0 fully saturated rings. The molecule has 0 saturated carbocycles. The molecule has 0 spiro atoms. The molecule has 9 heteroatoms. The van der Waals surface area contributed by atoms with Crippen molar-refractivity contribution in [3.8, 4) is 5.88 Å². The molecule has 156 valence electrons. The van der Waals surface area contributed by atoms with Crippen LogP contribution in [-0.2, 0) is 18.3 Å². The van der Waals surface area contributed by atoms with E-state index in [2.05, 4.69) is 26.8 Å². The molecule has 0 aliphatic carbocycles. The molecule has 1 aliphatic rings. The van der Waals surface area contributed by atoms with Crippen molar-refractivity contribution in [2.75, 3.05) is 26.7 Å². The number of carbonyl (C=O) groups is 1. The van der Waals surface area contributed by atoms with Crippen LogP contribution in [0, 0.1) is 13.8 Å². The lowest BCUT2D eigenvalue weighted by atomic mass is 10.00. The van der Waals surface area contributed by atoms with Gasteiger partial charge < -0.3 is 15.4 Å². The second-order valence-corrected chi connectivity index (χ2v) is 6.73. The van der Waals surface area contributed by atoms with Crippen molar-refractivity contribution < 1.29 is 9.53 Å². The van der Waals surface area contributed by atoms with Gasteiger partial charge in [-0.15, -0.1) is 29.9 Å². The summed E-state index contributed by atoms with van der Waals surface area (Å²) in [5.41, 5.74) is 5.23. The van der Waals surface area contributed by atoms with Crippen LogP contribution in [0.4, 0.5) is 0 Å². The lowest BCUT2D eigenvalue weighted by Crippen LogP contribution is -2.29. The summed E-state index contributed by atoms with van der Waals surface area (Å²) >= 11 is 0. The third-order valence-corrected chi connectivity index (χ3v) is 4.99. The molecule has 1 amide bonds. The topological polar surface area (TPSA) is 81.1 Å². The number of rotatable bonds is 6. The standard InChI is InChI=1S/C19H27N5O2.2ClH/c1-12-15(5-6-16(25)21-11-14-7-9-20-10-8-14)13(2)22-18-17(12)19(26-4)23-24(18)3;;/h7,20H,5-6,8-11H2,1-4H3,(H,21,25);2*1H. The molecule has 0 bridgehead atoms. The van der Waals surface area contributed by atoms with Crippen LogP contribution < -0.4 is 15.4 Å². The quantitative estimate of drug-likeness (QED) is 0.688. The summed E-state index contributed by atoms with van der Waals surface area (Å²) in [6.45, 7) is 6.56. The molecule has 1 aliphatic heterocycles. The Morgan fingerprint density at radius 1 is 1.36 bits per heavy atom. The van der Waals surface area contributed by atoms with Crippen LogP contribution in [0.15, 0.2) is 11.6 Å². The van der Waals surface area contributed by atoms with Crippen molar-refractivity contribution in [1.82, 2.24) is 25.4 Å². The van der Waals surface area contributed by atoms with E-state index < -0.39 is 0 Å². The van der Waals surface area contributed by atoms with Gasteiger partial charge in [-0.3, -0.25) is 4.79 Å². The van der Waals surface area contributed by atoms with Gasteiger partial charge in [-0.1, -0.05) is 11.6 Å². The Kier molecular flexibility index (Phi) is 9.20. The van der Waals surface area contributed by atoms with Crippen molar-refractivity contribution in [1.29, 1.82) is 0 Å². The fraction of sp³-hybridized carbons (Fsp3) is 0.526. The fourth-order valence-electron chi connectivity index (χ4n) is 3.48. The molecular formula is C19H29Cl2N5O2. The predicted molar refractivity (Wildman–Crippen MR) is 116 cm³/mol. The number of pyridine rings is 1. The monoisotopic (exact) mass is 429 g/mol. The molecule has 28 heavy (non-hydrogen) atoms. The molecule has 2 N–H and O–H groups in total. The molecule has 3 heterocycles. The number of aryl methyl sites for hydroxylation is 3. The molecule has 0 aromatic carbocycles. The number of nitrogens with one attached hydrogen (secondary N) is 2. The first-order chi connectivity index (χ1) is 12.5. The summed E-state index contributed by atoms with van der Waals surface area (Å²) in [5.74, 6) is 0.650. The SMILES string of the molecule is COc1nn(C)c2nc(C)c(CCC(=O)NCC3=CCNCC3)c(C)c12.Cl.Cl. The highest BCUT2D eigenvalue weighted by Gasteiger charge is 2.18. The van der Waals surface area contributed by atoms with E-state index in [0.717, 1.165) is 47.4 Å². The van der Waals surface area contributed by atoms with Crippen molar-refractivity contribution in [2.24, 2.45) is 7.05 Å². The largest absolute Gasteiger partial charge is 0.479 e. The zero-order valence-electron chi connectivity index (χ0n) is 16.8. The highest BCUT2D eigenvalue weighted by atomic mass is 35.5. The van der Waals surface area contributed by atoms with Gasteiger partial charge in [0.2, 0.25) is 11.8 Å². The number of ether oxygens (including phenoxy) is 1. The average Bonchev–Trinajstić information content (AvgIpc) is 2.96. The van der Waals surface area contributed by atoms with Gasteiger partial charge in [0.05, 0.1) is 12.5 Å². The molecule has 0 atom stereocenters. The van der Waals surface area contributed by atoms with E-state index in [1.54, 1.807) is 11.8 Å². The van der Waals surface area contributed by atoms with Crippen molar-refractivity contribution in [3.63, 3.8) is 0 Å². The molecule has 7 nitrogen and oxygen atoms in total. The van der Waals surface area contributed by atoms with Gasteiger partial charge in [-0.2, -0.15) is 0 Å². The van der Waals surface area contributed by atoms with Crippen LogP contribution in [0.2, 0.25) is 0 Å². The summed E-state index contributed by atoms with van der Waals surface area (Å²) in [6, 6.07) is 0. The summed E-state index contributed by atoms with van der Waals surface area (Å²) in [4.78, 5) is 16.9. The van der Waals surface area contributed by atoms with Crippen LogP contribution in [0.3, 0.4) is 0 Å². The summed E-state index contributed by atoms with van der Waals surface area (Å²) in [5, 5.41) is 11.6. The van der Waals surface area contributed by atoms with Gasteiger partial charge >= 0.3 is 0 Å². The minimum atomic E-state index is 0. The van der Waals surface area contributed by atoms with Crippen LogP contribution in [0.5, 0.6) is 5.88 Å². The maximum Gasteiger partial charge on any atom is 0.242 e. The zero-order chi connectivity index (χ0) is 18.7. The number of amides is 1. The summed E-state index contributed by atoms with van der Waals surface area (Å²) in [7, 11) is 3.48. The number of nitrogens with zero attached hydrogens (tertiary/aromatic N) is 3. The van der Waals surface area contributed by atoms with Gasteiger partial charge in [0.15, 0.2) is 5.65 Å². The van der Waals surface area contributed by atoms with Crippen molar-refractivity contribution in [3.05, 3.63) is 28.5 Å². The molecule has 0 unspecified atom stereocenters. The second kappa shape index (κ2) is 10.6. The maximum atomic E-state index is 12.3. The first-order valence-electron chi connectivity index (χ1n) is 9.03. The number of fused-ring (bicyclic) bond motifs is 1. The number of carbonyl (C=O) groups excluding carboxylic acids is 1. The van der Waals surface area contributed by atoms with Crippen LogP contribution in [0.25, 0.3) is 11.0 Å². The lowest BCUT2D eigenvalue weighted by Gasteiger charge is -2.15. The first kappa shape index (κ1) is 24.2. The van der Waals surface area contributed by atoms with Gasteiger partial charge in [0.1, 0.15) is 0 Å². The van der Waals surface area contributed by atoms with Crippen LogP contribution in [0.1, 0.15) is 29.7 Å². The van der Waals surface area contributed by atoms with E-state index in [1.807, 2.05) is 20.9 Å². The second-order valence-electron chi connectivity index (χ2n) is 6.73. The van der Waals surface area contributed by atoms with Crippen LogP contribution >= 0.6 is 24.8 Å². The number of hydrogen-bond donors (Lipinski definition) is 2. The third kappa shape index (κ3) is 5.16. The van der Waals surface area contributed by atoms with Crippen molar-refractivity contribution in [2.45, 2.75) is 33.1 Å². The third-order valence-electron chi connectivity index (χ3n) is 4.99. The van der Waals surface area contributed by atoms with Gasteiger partial charge in [0.25, 0.3) is 0 Å². The fourth-order valence-corrected chi connectivity index (χ4v) is 3.48. The summed E-state index contributed by atoms with van der Waals surface area (Å²) < 4.78 is 7.13. The van der Waals surface area contributed by atoms with E-state index in [4.69, 9.17) is 4.74 Å². The molecule has 2 aromatic rings. The Morgan fingerprint density at radius 3 is 2.75 bits per heavy atom. The van der Waals surface area contributed by atoms with E-state index >= 15 is 0 Å². The Hall–Kier alpha value is -1.83. The maximum absolute atomic E-state index is 12.3. The summed E-state index contributed by atoms with van der Waals surface area (Å²) in [6.07, 6.45) is 4.26.